The van der Waals surface area contributed by atoms with Crippen molar-refractivity contribution < 1.29 is 14.3 Å². The summed E-state index contributed by atoms with van der Waals surface area (Å²) in [5.74, 6) is -0.854. The Labute approximate surface area is 123 Å². The summed E-state index contributed by atoms with van der Waals surface area (Å²) in [6.45, 7) is 3.49. The van der Waals surface area contributed by atoms with Gasteiger partial charge in [0.1, 0.15) is 0 Å². The highest BCUT2D eigenvalue weighted by Gasteiger charge is 2.12. The van der Waals surface area contributed by atoms with Crippen molar-refractivity contribution in [3.8, 4) is 0 Å². The molecule has 0 unspecified atom stereocenters. The van der Waals surface area contributed by atoms with Crippen LogP contribution < -0.4 is 5.32 Å². The molecule has 4 nitrogen and oxygen atoms in total. The molecule has 0 saturated carbocycles. The third-order valence-electron chi connectivity index (χ3n) is 3.03. The number of rotatable bonds is 4. The molecule has 0 saturated heterocycles. The molecule has 0 aliphatic rings. The minimum Gasteiger partial charge on any atom is -0.452 e. The van der Waals surface area contributed by atoms with Gasteiger partial charge >= 0.3 is 5.97 Å². The summed E-state index contributed by atoms with van der Waals surface area (Å²) in [4.78, 5) is 23.6. The van der Waals surface area contributed by atoms with E-state index in [1.54, 1.807) is 24.3 Å². The minimum atomic E-state index is -0.493. The summed E-state index contributed by atoms with van der Waals surface area (Å²) in [5.41, 5.74) is 3.08. The molecule has 0 heterocycles. The molecule has 4 heteroatoms. The number of amides is 1. The summed E-state index contributed by atoms with van der Waals surface area (Å²) in [6.07, 6.45) is 0. The quantitative estimate of drug-likeness (QED) is 0.877. The Kier molecular flexibility index (Phi) is 4.72. The molecular weight excluding hydrogens is 266 g/mol. The van der Waals surface area contributed by atoms with Crippen molar-refractivity contribution in [1.82, 2.24) is 0 Å². The van der Waals surface area contributed by atoms with Crippen LogP contribution in [0.4, 0.5) is 5.69 Å². The molecule has 0 aliphatic heterocycles. The first-order chi connectivity index (χ1) is 10.1. The van der Waals surface area contributed by atoms with Gasteiger partial charge in [-0.25, -0.2) is 4.79 Å². The van der Waals surface area contributed by atoms with Crippen LogP contribution in [0.15, 0.2) is 48.5 Å². The largest absolute Gasteiger partial charge is 0.452 e. The molecule has 1 N–H and O–H groups in total. The van der Waals surface area contributed by atoms with Gasteiger partial charge in [-0.3, -0.25) is 4.79 Å². The smallest absolute Gasteiger partial charge is 0.338 e. The Bertz CT molecular complexity index is 647. The van der Waals surface area contributed by atoms with Gasteiger partial charge in [-0.2, -0.15) is 0 Å². The van der Waals surface area contributed by atoms with Crippen LogP contribution in [0.1, 0.15) is 21.5 Å². The standard InChI is InChI=1S/C17H17NO3/c1-12-7-9-14(10-8-12)18-16(19)11-21-17(20)15-6-4-3-5-13(15)2/h3-10H,11H2,1-2H3,(H,18,19). The van der Waals surface area contributed by atoms with Crippen LogP contribution in [0.25, 0.3) is 0 Å². The number of carbonyl (C=O) groups is 2. The first-order valence-electron chi connectivity index (χ1n) is 6.65. The highest BCUT2D eigenvalue weighted by Crippen LogP contribution is 2.10. The van der Waals surface area contributed by atoms with Crippen molar-refractivity contribution >= 4 is 17.6 Å². The van der Waals surface area contributed by atoms with E-state index in [0.29, 0.717) is 11.3 Å². The number of carbonyl (C=O) groups excluding carboxylic acids is 2. The van der Waals surface area contributed by atoms with E-state index in [1.165, 1.54) is 0 Å². The molecule has 0 fully saturated rings. The molecular formula is C17H17NO3. The molecule has 21 heavy (non-hydrogen) atoms. The van der Waals surface area contributed by atoms with E-state index >= 15 is 0 Å². The molecule has 0 aliphatic carbocycles. The Morgan fingerprint density at radius 2 is 1.67 bits per heavy atom. The molecule has 1 amide bonds. The normalized spacial score (nSPS) is 10.0. The number of anilines is 1. The number of nitrogens with one attached hydrogen (secondary N) is 1. The van der Waals surface area contributed by atoms with E-state index in [-0.39, 0.29) is 12.5 Å². The van der Waals surface area contributed by atoms with Crippen LogP contribution in [-0.2, 0) is 9.53 Å². The summed E-state index contributed by atoms with van der Waals surface area (Å²) < 4.78 is 5.02. The van der Waals surface area contributed by atoms with E-state index in [2.05, 4.69) is 5.32 Å². The highest BCUT2D eigenvalue weighted by molar-refractivity contribution is 5.96. The number of benzene rings is 2. The van der Waals surface area contributed by atoms with Crippen molar-refractivity contribution in [3.05, 3.63) is 65.2 Å². The van der Waals surface area contributed by atoms with Crippen LogP contribution in [0.3, 0.4) is 0 Å². The molecule has 2 rings (SSSR count). The zero-order valence-corrected chi connectivity index (χ0v) is 12.1. The fourth-order valence-electron chi connectivity index (χ4n) is 1.84. The topological polar surface area (TPSA) is 55.4 Å². The number of esters is 1. The fourth-order valence-corrected chi connectivity index (χ4v) is 1.84. The summed E-state index contributed by atoms with van der Waals surface area (Å²) in [5, 5.41) is 2.67. The monoisotopic (exact) mass is 283 g/mol. The Morgan fingerprint density at radius 1 is 1.00 bits per heavy atom. The fraction of sp³-hybridized carbons (Fsp3) is 0.176. The van der Waals surface area contributed by atoms with Crippen molar-refractivity contribution in [3.63, 3.8) is 0 Å². The van der Waals surface area contributed by atoms with E-state index in [1.807, 2.05) is 38.1 Å². The van der Waals surface area contributed by atoms with Gasteiger partial charge in [0, 0.05) is 5.69 Å². The van der Waals surface area contributed by atoms with E-state index in [9.17, 15) is 9.59 Å². The van der Waals surface area contributed by atoms with Gasteiger partial charge in [-0.15, -0.1) is 0 Å². The van der Waals surface area contributed by atoms with Crippen LogP contribution in [0.2, 0.25) is 0 Å². The van der Waals surface area contributed by atoms with E-state index in [0.717, 1.165) is 11.1 Å². The van der Waals surface area contributed by atoms with Gasteiger partial charge < -0.3 is 10.1 Å². The summed E-state index contributed by atoms with van der Waals surface area (Å²) in [6, 6.07) is 14.5. The zero-order chi connectivity index (χ0) is 15.2. The average molecular weight is 283 g/mol. The maximum Gasteiger partial charge on any atom is 0.338 e. The van der Waals surface area contributed by atoms with Gasteiger partial charge in [-0.1, -0.05) is 35.9 Å². The Hall–Kier alpha value is -2.62. The second kappa shape index (κ2) is 6.70. The molecule has 0 spiro atoms. The minimum absolute atomic E-state index is 0.305. The molecule has 2 aromatic carbocycles. The first kappa shape index (κ1) is 14.8. The summed E-state index contributed by atoms with van der Waals surface area (Å²) >= 11 is 0. The third-order valence-corrected chi connectivity index (χ3v) is 3.03. The third kappa shape index (κ3) is 4.18. The lowest BCUT2D eigenvalue weighted by atomic mass is 10.1. The van der Waals surface area contributed by atoms with Crippen molar-refractivity contribution in [2.75, 3.05) is 11.9 Å². The molecule has 0 bridgehead atoms. The summed E-state index contributed by atoms with van der Waals surface area (Å²) in [7, 11) is 0. The van der Waals surface area contributed by atoms with Gasteiger partial charge in [-0.05, 0) is 37.6 Å². The molecule has 0 atom stereocenters. The number of ether oxygens (including phenoxy) is 1. The van der Waals surface area contributed by atoms with Crippen LogP contribution >= 0.6 is 0 Å². The number of aryl methyl sites for hydroxylation is 2. The predicted molar refractivity (Wildman–Crippen MR) is 81.3 cm³/mol. The first-order valence-corrected chi connectivity index (χ1v) is 6.65. The van der Waals surface area contributed by atoms with Crippen LogP contribution in [-0.4, -0.2) is 18.5 Å². The van der Waals surface area contributed by atoms with Gasteiger partial charge in [0.2, 0.25) is 0 Å². The molecule has 0 aromatic heterocycles. The Morgan fingerprint density at radius 3 is 2.33 bits per heavy atom. The molecule has 0 radical (unpaired) electrons. The van der Waals surface area contributed by atoms with Crippen LogP contribution in [0.5, 0.6) is 0 Å². The molecule has 2 aromatic rings. The predicted octanol–water partition coefficient (Wildman–Crippen LogP) is 3.10. The highest BCUT2D eigenvalue weighted by atomic mass is 16.5. The average Bonchev–Trinajstić information content (AvgIpc) is 2.48. The van der Waals surface area contributed by atoms with Crippen LogP contribution in [0, 0.1) is 13.8 Å². The van der Waals surface area contributed by atoms with Crippen molar-refractivity contribution in [1.29, 1.82) is 0 Å². The van der Waals surface area contributed by atoms with E-state index < -0.39 is 5.97 Å². The lowest BCUT2D eigenvalue weighted by Crippen LogP contribution is -2.21. The zero-order valence-electron chi connectivity index (χ0n) is 12.1. The SMILES string of the molecule is Cc1ccc(NC(=O)COC(=O)c2ccccc2C)cc1. The van der Waals surface area contributed by atoms with Crippen molar-refractivity contribution in [2.45, 2.75) is 13.8 Å². The second-order valence-corrected chi connectivity index (χ2v) is 4.81. The van der Waals surface area contributed by atoms with Crippen molar-refractivity contribution in [2.24, 2.45) is 0 Å². The maximum atomic E-state index is 11.9. The second-order valence-electron chi connectivity index (χ2n) is 4.81. The van der Waals surface area contributed by atoms with Gasteiger partial charge in [0.25, 0.3) is 5.91 Å². The Balaban J connectivity index is 1.88. The van der Waals surface area contributed by atoms with Gasteiger partial charge in [0.05, 0.1) is 5.56 Å². The van der Waals surface area contributed by atoms with E-state index in [4.69, 9.17) is 4.74 Å². The lowest BCUT2D eigenvalue weighted by Gasteiger charge is -2.08. The number of hydrogen-bond acceptors (Lipinski definition) is 3. The molecule has 108 valence electrons. The van der Waals surface area contributed by atoms with Gasteiger partial charge in [0.15, 0.2) is 6.61 Å². The number of hydrogen-bond donors (Lipinski definition) is 1. The maximum absolute atomic E-state index is 11.9. The lowest BCUT2D eigenvalue weighted by molar-refractivity contribution is -0.119.